The Balaban J connectivity index is 1.81. The molecule has 20 heavy (non-hydrogen) atoms. The van der Waals surface area contributed by atoms with E-state index in [1.165, 1.54) is 5.69 Å². The van der Waals surface area contributed by atoms with Crippen LogP contribution in [-0.2, 0) is 6.42 Å². The molecule has 3 N–H and O–H groups in total. The van der Waals surface area contributed by atoms with E-state index in [4.69, 9.17) is 0 Å². The molecular weight excluding hydrogens is 250 g/mol. The Hall–Kier alpha value is -2.40. The first kappa shape index (κ1) is 11.4. The smallest absolute Gasteiger partial charge is 0.0926 e. The monoisotopic (exact) mass is 265 g/mol. The molecule has 1 atom stereocenters. The topological polar surface area (TPSA) is 69.4 Å². The average molecular weight is 265 g/mol. The predicted octanol–water partition coefficient (Wildman–Crippen LogP) is 2.03. The number of nitrogens with one attached hydrogen (secondary N) is 3. The second-order valence-electron chi connectivity index (χ2n) is 4.97. The summed E-state index contributed by atoms with van der Waals surface area (Å²) in [6.45, 7) is 0.944. The zero-order valence-electron chi connectivity index (χ0n) is 10.9. The minimum Gasteiger partial charge on any atom is -0.348 e. The van der Waals surface area contributed by atoms with Crippen molar-refractivity contribution in [1.29, 1.82) is 0 Å². The Morgan fingerprint density at radius 2 is 2.05 bits per heavy atom. The van der Waals surface area contributed by atoms with Gasteiger partial charge in [-0.25, -0.2) is 4.98 Å². The highest BCUT2D eigenvalue weighted by Crippen LogP contribution is 2.32. The summed E-state index contributed by atoms with van der Waals surface area (Å²) < 4.78 is 0. The van der Waals surface area contributed by atoms with Crippen LogP contribution in [0.15, 0.2) is 42.9 Å². The van der Waals surface area contributed by atoms with Crippen LogP contribution >= 0.6 is 0 Å². The third-order valence-electron chi connectivity index (χ3n) is 3.79. The lowest BCUT2D eigenvalue weighted by Gasteiger charge is -2.23. The number of hydrogen-bond donors (Lipinski definition) is 3. The number of fused-ring (bicyclic) bond motifs is 1. The fourth-order valence-corrected chi connectivity index (χ4v) is 2.83. The highest BCUT2D eigenvalue weighted by atomic mass is 15.1. The molecule has 0 saturated carbocycles. The molecule has 3 aromatic rings. The van der Waals surface area contributed by atoms with E-state index in [-0.39, 0.29) is 6.04 Å². The predicted molar refractivity (Wildman–Crippen MR) is 76.2 cm³/mol. The molecule has 0 fully saturated rings. The van der Waals surface area contributed by atoms with Crippen LogP contribution in [0.5, 0.6) is 0 Å². The molecule has 1 aliphatic rings. The van der Waals surface area contributed by atoms with Gasteiger partial charge in [0.2, 0.25) is 0 Å². The van der Waals surface area contributed by atoms with Gasteiger partial charge in [0.15, 0.2) is 0 Å². The molecule has 5 heteroatoms. The highest BCUT2D eigenvalue weighted by molar-refractivity contribution is 5.64. The Morgan fingerprint density at radius 3 is 2.95 bits per heavy atom. The van der Waals surface area contributed by atoms with Crippen molar-refractivity contribution in [2.45, 2.75) is 12.5 Å². The van der Waals surface area contributed by atoms with Crippen molar-refractivity contribution in [3.05, 3.63) is 59.8 Å². The number of rotatable bonds is 2. The molecule has 0 bridgehead atoms. The number of aromatic amines is 2. The first-order valence-corrected chi connectivity index (χ1v) is 6.77. The molecule has 2 aromatic heterocycles. The summed E-state index contributed by atoms with van der Waals surface area (Å²) >= 11 is 0. The first-order valence-electron chi connectivity index (χ1n) is 6.77. The molecule has 1 aliphatic heterocycles. The molecule has 5 nitrogen and oxygen atoms in total. The minimum absolute atomic E-state index is 0.0963. The third kappa shape index (κ3) is 1.75. The third-order valence-corrected chi connectivity index (χ3v) is 3.79. The van der Waals surface area contributed by atoms with Crippen molar-refractivity contribution >= 4 is 0 Å². The van der Waals surface area contributed by atoms with Crippen molar-refractivity contribution in [2.24, 2.45) is 0 Å². The van der Waals surface area contributed by atoms with Gasteiger partial charge in [-0.1, -0.05) is 30.3 Å². The van der Waals surface area contributed by atoms with Crippen LogP contribution in [0.4, 0.5) is 0 Å². The Morgan fingerprint density at radius 1 is 1.15 bits per heavy atom. The zero-order valence-corrected chi connectivity index (χ0v) is 10.9. The van der Waals surface area contributed by atoms with Crippen LogP contribution in [-0.4, -0.2) is 26.7 Å². The SMILES string of the molecule is c1ccc(-c2[nH]ncc2[C@@H]2NCCc3[nH]cnc32)cc1. The molecule has 0 amide bonds. The summed E-state index contributed by atoms with van der Waals surface area (Å²) in [6, 6.07) is 10.4. The van der Waals surface area contributed by atoms with Crippen LogP contribution in [0.1, 0.15) is 23.0 Å². The molecular formula is C15H15N5. The average Bonchev–Trinajstić information content (AvgIpc) is 3.16. The Kier molecular flexibility index (Phi) is 2.63. The molecule has 0 saturated heterocycles. The van der Waals surface area contributed by atoms with Crippen LogP contribution in [0.2, 0.25) is 0 Å². The maximum atomic E-state index is 4.47. The fraction of sp³-hybridized carbons (Fsp3) is 0.200. The highest BCUT2D eigenvalue weighted by Gasteiger charge is 2.27. The number of hydrogen-bond acceptors (Lipinski definition) is 3. The largest absolute Gasteiger partial charge is 0.348 e. The van der Waals surface area contributed by atoms with Gasteiger partial charge in [-0.15, -0.1) is 0 Å². The van der Waals surface area contributed by atoms with E-state index in [1.54, 1.807) is 6.33 Å². The van der Waals surface area contributed by atoms with Crippen molar-refractivity contribution < 1.29 is 0 Å². The summed E-state index contributed by atoms with van der Waals surface area (Å²) in [7, 11) is 0. The molecule has 0 spiro atoms. The van der Waals surface area contributed by atoms with Gasteiger partial charge < -0.3 is 10.3 Å². The van der Waals surface area contributed by atoms with E-state index in [1.807, 2.05) is 24.4 Å². The lowest BCUT2D eigenvalue weighted by Crippen LogP contribution is -2.30. The molecule has 0 unspecified atom stereocenters. The zero-order chi connectivity index (χ0) is 13.4. The van der Waals surface area contributed by atoms with Crippen LogP contribution in [0.25, 0.3) is 11.3 Å². The second kappa shape index (κ2) is 4.61. The maximum absolute atomic E-state index is 4.47. The van der Waals surface area contributed by atoms with Gasteiger partial charge in [-0.3, -0.25) is 5.10 Å². The molecule has 0 radical (unpaired) electrons. The van der Waals surface area contributed by atoms with Gasteiger partial charge in [0.1, 0.15) is 0 Å². The number of nitrogens with zero attached hydrogens (tertiary/aromatic N) is 2. The van der Waals surface area contributed by atoms with Crippen molar-refractivity contribution in [1.82, 2.24) is 25.5 Å². The molecule has 0 aliphatic carbocycles. The van der Waals surface area contributed by atoms with E-state index in [2.05, 4.69) is 37.6 Å². The first-order chi connectivity index (χ1) is 9.93. The van der Waals surface area contributed by atoms with E-state index in [0.717, 1.165) is 35.5 Å². The molecule has 3 heterocycles. The summed E-state index contributed by atoms with van der Waals surface area (Å²) in [6.07, 6.45) is 4.65. The summed E-state index contributed by atoms with van der Waals surface area (Å²) in [5, 5.41) is 10.9. The van der Waals surface area contributed by atoms with E-state index in [9.17, 15) is 0 Å². The lowest BCUT2D eigenvalue weighted by molar-refractivity contribution is 0.554. The van der Waals surface area contributed by atoms with Crippen LogP contribution in [0.3, 0.4) is 0 Å². The number of imidazole rings is 1. The van der Waals surface area contributed by atoms with E-state index in [0.29, 0.717) is 0 Å². The van der Waals surface area contributed by atoms with Gasteiger partial charge in [-0.05, 0) is 5.56 Å². The van der Waals surface area contributed by atoms with Gasteiger partial charge in [0, 0.05) is 24.2 Å². The van der Waals surface area contributed by atoms with Crippen LogP contribution < -0.4 is 5.32 Å². The Bertz CT molecular complexity index is 713. The molecule has 1 aromatic carbocycles. The molecule has 100 valence electrons. The van der Waals surface area contributed by atoms with Crippen LogP contribution in [0, 0.1) is 0 Å². The number of H-pyrrole nitrogens is 2. The van der Waals surface area contributed by atoms with Crippen molar-refractivity contribution in [3.8, 4) is 11.3 Å². The lowest BCUT2D eigenvalue weighted by atomic mass is 9.96. The molecule has 4 rings (SSSR count). The Labute approximate surface area is 116 Å². The van der Waals surface area contributed by atoms with E-state index >= 15 is 0 Å². The minimum atomic E-state index is 0.0963. The number of benzene rings is 1. The van der Waals surface area contributed by atoms with Gasteiger partial charge in [-0.2, -0.15) is 5.10 Å². The van der Waals surface area contributed by atoms with Crippen molar-refractivity contribution in [2.75, 3.05) is 6.54 Å². The van der Waals surface area contributed by atoms with Gasteiger partial charge in [0.25, 0.3) is 0 Å². The maximum Gasteiger partial charge on any atom is 0.0926 e. The summed E-state index contributed by atoms with van der Waals surface area (Å²) in [5.74, 6) is 0. The standard InChI is InChI=1S/C15H15N5/c1-2-4-10(5-3-1)13-11(8-19-20-13)14-15-12(6-7-16-14)17-9-18-15/h1-5,8-9,14,16H,6-7H2,(H,17,18)(H,19,20)/t14-/m0/s1. The fourth-order valence-electron chi connectivity index (χ4n) is 2.83. The summed E-state index contributed by atoms with van der Waals surface area (Å²) in [5.41, 5.74) is 5.64. The van der Waals surface area contributed by atoms with Gasteiger partial charge >= 0.3 is 0 Å². The van der Waals surface area contributed by atoms with Crippen molar-refractivity contribution in [3.63, 3.8) is 0 Å². The second-order valence-corrected chi connectivity index (χ2v) is 4.97. The van der Waals surface area contributed by atoms with E-state index < -0.39 is 0 Å². The number of aromatic nitrogens is 4. The summed E-state index contributed by atoms with van der Waals surface area (Å²) in [4.78, 5) is 7.70. The van der Waals surface area contributed by atoms with Gasteiger partial charge in [0.05, 0.1) is 30.0 Å². The quantitative estimate of drug-likeness (QED) is 0.664. The normalized spacial score (nSPS) is 17.9.